The van der Waals surface area contributed by atoms with Crippen molar-refractivity contribution in [1.82, 2.24) is 15.1 Å². The number of carbonyl (C=O) groups excluding carboxylic acids is 1. The molecule has 1 N–H and O–H groups in total. The molecule has 2 heterocycles. The first-order valence-corrected chi connectivity index (χ1v) is 9.07. The number of rotatable bonds is 3. The average Bonchev–Trinajstić information content (AvgIpc) is 2.58. The van der Waals surface area contributed by atoms with Crippen LogP contribution in [0.2, 0.25) is 10.0 Å². The summed E-state index contributed by atoms with van der Waals surface area (Å²) in [5, 5.41) is 4.20. The maximum absolute atomic E-state index is 12.6. The zero-order chi connectivity index (χ0) is 16.2. The van der Waals surface area contributed by atoms with Crippen LogP contribution in [0.3, 0.4) is 0 Å². The Balaban J connectivity index is 1.54. The number of hydrogen-bond acceptors (Lipinski definition) is 3. The lowest BCUT2D eigenvalue weighted by Crippen LogP contribution is -2.50. The van der Waals surface area contributed by atoms with Crippen molar-refractivity contribution in [2.75, 3.05) is 45.8 Å². The summed E-state index contributed by atoms with van der Waals surface area (Å²) in [7, 11) is 0. The lowest BCUT2D eigenvalue weighted by Gasteiger charge is -2.37. The summed E-state index contributed by atoms with van der Waals surface area (Å²) >= 11 is 12.2. The van der Waals surface area contributed by atoms with Crippen LogP contribution in [-0.4, -0.2) is 61.5 Å². The molecule has 0 aliphatic carbocycles. The molecule has 2 fully saturated rings. The average molecular weight is 356 g/mol. The van der Waals surface area contributed by atoms with Crippen molar-refractivity contribution >= 4 is 29.1 Å². The van der Waals surface area contributed by atoms with Gasteiger partial charge in [0.15, 0.2) is 0 Å². The third-order valence-corrected chi connectivity index (χ3v) is 5.64. The monoisotopic (exact) mass is 355 g/mol. The molecular formula is C17H23Cl2N3O. The Morgan fingerprint density at radius 1 is 1.13 bits per heavy atom. The van der Waals surface area contributed by atoms with E-state index in [9.17, 15) is 4.79 Å². The quantitative estimate of drug-likeness (QED) is 0.905. The van der Waals surface area contributed by atoms with E-state index in [4.69, 9.17) is 23.2 Å². The molecule has 3 rings (SSSR count). The van der Waals surface area contributed by atoms with Crippen LogP contribution in [0.4, 0.5) is 0 Å². The Hall–Kier alpha value is -0.810. The molecule has 23 heavy (non-hydrogen) atoms. The molecule has 2 aliphatic heterocycles. The third-order valence-electron chi connectivity index (χ3n) is 4.82. The van der Waals surface area contributed by atoms with Gasteiger partial charge in [0, 0.05) is 32.7 Å². The predicted molar refractivity (Wildman–Crippen MR) is 94.4 cm³/mol. The van der Waals surface area contributed by atoms with Gasteiger partial charge >= 0.3 is 0 Å². The van der Waals surface area contributed by atoms with Gasteiger partial charge in [-0.3, -0.25) is 9.69 Å². The Kier molecular flexibility index (Phi) is 5.81. The maximum Gasteiger partial charge on any atom is 0.255 e. The highest BCUT2D eigenvalue weighted by molar-refractivity contribution is 6.43. The molecular weight excluding hydrogens is 333 g/mol. The van der Waals surface area contributed by atoms with E-state index >= 15 is 0 Å². The van der Waals surface area contributed by atoms with Crippen molar-refractivity contribution in [2.45, 2.75) is 12.8 Å². The van der Waals surface area contributed by atoms with Gasteiger partial charge in [-0.2, -0.15) is 0 Å². The van der Waals surface area contributed by atoms with Gasteiger partial charge in [-0.15, -0.1) is 0 Å². The van der Waals surface area contributed by atoms with Gasteiger partial charge in [0.25, 0.3) is 5.91 Å². The van der Waals surface area contributed by atoms with E-state index in [1.165, 1.54) is 12.8 Å². The molecule has 0 saturated carbocycles. The second-order valence-electron chi connectivity index (χ2n) is 6.39. The van der Waals surface area contributed by atoms with Crippen LogP contribution in [0.5, 0.6) is 0 Å². The number of nitrogens with one attached hydrogen (secondary N) is 1. The molecule has 1 amide bonds. The minimum absolute atomic E-state index is 0.0148. The largest absolute Gasteiger partial charge is 0.336 e. The van der Waals surface area contributed by atoms with E-state index < -0.39 is 0 Å². The van der Waals surface area contributed by atoms with Crippen molar-refractivity contribution in [3.8, 4) is 0 Å². The Bertz CT molecular complexity index is 553. The molecule has 1 aromatic rings. The van der Waals surface area contributed by atoms with Crippen molar-refractivity contribution in [2.24, 2.45) is 5.92 Å². The van der Waals surface area contributed by atoms with Crippen LogP contribution in [0, 0.1) is 5.92 Å². The van der Waals surface area contributed by atoms with Crippen LogP contribution in [0.15, 0.2) is 18.2 Å². The van der Waals surface area contributed by atoms with Gasteiger partial charge in [0.05, 0.1) is 15.6 Å². The molecule has 126 valence electrons. The summed E-state index contributed by atoms with van der Waals surface area (Å²) in [5.74, 6) is 0.778. The van der Waals surface area contributed by atoms with E-state index in [0.717, 1.165) is 51.7 Å². The Morgan fingerprint density at radius 2 is 1.83 bits per heavy atom. The summed E-state index contributed by atoms with van der Waals surface area (Å²) in [4.78, 5) is 17.0. The number of amides is 1. The molecule has 0 bridgehead atoms. The van der Waals surface area contributed by atoms with E-state index in [1.54, 1.807) is 18.2 Å². The molecule has 6 heteroatoms. The van der Waals surface area contributed by atoms with Gasteiger partial charge in [-0.1, -0.05) is 29.3 Å². The number of benzene rings is 1. The smallest absolute Gasteiger partial charge is 0.255 e. The fourth-order valence-electron chi connectivity index (χ4n) is 3.40. The van der Waals surface area contributed by atoms with E-state index in [2.05, 4.69) is 10.2 Å². The number of piperazine rings is 1. The summed E-state index contributed by atoms with van der Waals surface area (Å²) in [6.45, 7) is 6.81. The van der Waals surface area contributed by atoms with E-state index in [0.29, 0.717) is 15.6 Å². The Labute approximate surface area is 147 Å². The lowest BCUT2D eigenvalue weighted by molar-refractivity contribution is 0.0608. The highest BCUT2D eigenvalue weighted by atomic mass is 35.5. The van der Waals surface area contributed by atoms with Crippen LogP contribution in [-0.2, 0) is 0 Å². The predicted octanol–water partition coefficient (Wildman–Crippen LogP) is 2.75. The van der Waals surface area contributed by atoms with Crippen LogP contribution in [0.1, 0.15) is 23.2 Å². The molecule has 4 nitrogen and oxygen atoms in total. The van der Waals surface area contributed by atoms with Crippen molar-refractivity contribution in [3.05, 3.63) is 33.8 Å². The zero-order valence-electron chi connectivity index (χ0n) is 13.2. The number of piperidine rings is 1. The van der Waals surface area contributed by atoms with Crippen LogP contribution in [0.25, 0.3) is 0 Å². The molecule has 0 unspecified atom stereocenters. The fourth-order valence-corrected chi connectivity index (χ4v) is 3.78. The Morgan fingerprint density at radius 3 is 2.52 bits per heavy atom. The van der Waals surface area contributed by atoms with Crippen LogP contribution >= 0.6 is 23.2 Å². The number of carbonyl (C=O) groups is 1. The second-order valence-corrected chi connectivity index (χ2v) is 7.17. The van der Waals surface area contributed by atoms with Crippen molar-refractivity contribution in [3.63, 3.8) is 0 Å². The lowest BCUT2D eigenvalue weighted by atomic mass is 9.97. The highest BCUT2D eigenvalue weighted by Gasteiger charge is 2.25. The molecule has 0 atom stereocenters. The molecule has 0 spiro atoms. The second kappa shape index (κ2) is 7.84. The summed E-state index contributed by atoms with van der Waals surface area (Å²) in [6, 6.07) is 5.23. The molecule has 1 aromatic carbocycles. The zero-order valence-corrected chi connectivity index (χ0v) is 14.7. The van der Waals surface area contributed by atoms with Gasteiger partial charge < -0.3 is 10.2 Å². The molecule has 2 aliphatic rings. The summed E-state index contributed by atoms with van der Waals surface area (Å²) in [5.41, 5.74) is 0.506. The van der Waals surface area contributed by atoms with Crippen molar-refractivity contribution < 1.29 is 4.79 Å². The van der Waals surface area contributed by atoms with Crippen LogP contribution < -0.4 is 5.32 Å². The molecule has 0 radical (unpaired) electrons. The SMILES string of the molecule is O=C(c1cccc(Cl)c1Cl)N1CCN(CC2CCNCC2)CC1. The third kappa shape index (κ3) is 4.18. The normalized spacial score (nSPS) is 20.7. The first kappa shape index (κ1) is 17.0. The van der Waals surface area contributed by atoms with Gasteiger partial charge in [-0.05, 0) is 44.0 Å². The molecule has 0 aromatic heterocycles. The first-order valence-electron chi connectivity index (χ1n) is 8.31. The maximum atomic E-state index is 12.6. The van der Waals surface area contributed by atoms with Crippen molar-refractivity contribution in [1.29, 1.82) is 0 Å². The highest BCUT2D eigenvalue weighted by Crippen LogP contribution is 2.27. The fraction of sp³-hybridized carbons (Fsp3) is 0.588. The summed E-state index contributed by atoms with van der Waals surface area (Å²) in [6.07, 6.45) is 2.52. The number of halogens is 2. The van der Waals surface area contributed by atoms with Gasteiger partial charge in [-0.25, -0.2) is 0 Å². The standard InChI is InChI=1S/C17H23Cl2N3O/c18-15-3-1-2-14(16(15)19)17(23)22-10-8-21(9-11-22)12-13-4-6-20-7-5-13/h1-3,13,20H,4-12H2. The minimum atomic E-state index is -0.0148. The topological polar surface area (TPSA) is 35.6 Å². The van der Waals surface area contributed by atoms with Gasteiger partial charge in [0.1, 0.15) is 0 Å². The first-order chi connectivity index (χ1) is 11.1. The van der Waals surface area contributed by atoms with E-state index in [-0.39, 0.29) is 5.91 Å². The minimum Gasteiger partial charge on any atom is -0.336 e. The van der Waals surface area contributed by atoms with Gasteiger partial charge in [0.2, 0.25) is 0 Å². The van der Waals surface area contributed by atoms with E-state index in [1.807, 2.05) is 4.90 Å². The molecule has 2 saturated heterocycles. The summed E-state index contributed by atoms with van der Waals surface area (Å²) < 4.78 is 0. The number of hydrogen-bond donors (Lipinski definition) is 1. The number of nitrogens with zero attached hydrogens (tertiary/aromatic N) is 2.